The molecular formula is C18H30ClN3O3. The Labute approximate surface area is 156 Å². The zero-order valence-corrected chi connectivity index (χ0v) is 15.8. The van der Waals surface area contributed by atoms with Gasteiger partial charge in [0, 0.05) is 26.2 Å². The maximum Gasteiger partial charge on any atom is 0.409 e. The van der Waals surface area contributed by atoms with Crippen LogP contribution in [0.1, 0.15) is 26.2 Å². The first-order valence-corrected chi connectivity index (χ1v) is 8.82. The highest BCUT2D eigenvalue weighted by Crippen LogP contribution is 2.20. The van der Waals surface area contributed by atoms with Crippen molar-refractivity contribution >= 4 is 24.2 Å². The Kier molecular flexibility index (Phi) is 10.1. The number of nitrogens with two attached hydrogens (primary N) is 1. The van der Waals surface area contributed by atoms with Crippen LogP contribution in [-0.2, 0) is 4.74 Å². The number of para-hydroxylation sites is 2. The van der Waals surface area contributed by atoms with Gasteiger partial charge in [0.25, 0.3) is 0 Å². The molecule has 0 saturated carbocycles. The fraction of sp³-hybridized carbons (Fsp3) is 0.611. The van der Waals surface area contributed by atoms with Crippen molar-refractivity contribution in [1.82, 2.24) is 9.80 Å². The molecule has 1 aliphatic heterocycles. The van der Waals surface area contributed by atoms with E-state index in [1.807, 2.05) is 31.2 Å². The molecule has 1 aromatic carbocycles. The fourth-order valence-corrected chi connectivity index (χ4v) is 2.78. The maximum atomic E-state index is 11.6. The molecule has 25 heavy (non-hydrogen) atoms. The zero-order valence-electron chi connectivity index (χ0n) is 15.0. The number of halogens is 1. The molecule has 0 spiro atoms. The molecule has 1 heterocycles. The molecule has 1 fully saturated rings. The first kappa shape index (κ1) is 21.4. The smallest absolute Gasteiger partial charge is 0.409 e. The molecule has 7 heteroatoms. The molecule has 1 aromatic rings. The number of benzene rings is 1. The second kappa shape index (κ2) is 11.8. The zero-order chi connectivity index (χ0) is 17.2. The molecule has 0 atom stereocenters. The summed E-state index contributed by atoms with van der Waals surface area (Å²) in [5, 5.41) is 0. The lowest BCUT2D eigenvalue weighted by Crippen LogP contribution is -2.49. The Morgan fingerprint density at radius 1 is 1.12 bits per heavy atom. The van der Waals surface area contributed by atoms with E-state index in [4.69, 9.17) is 15.2 Å². The molecule has 6 nitrogen and oxygen atoms in total. The maximum absolute atomic E-state index is 11.6. The van der Waals surface area contributed by atoms with E-state index in [1.165, 1.54) is 0 Å². The van der Waals surface area contributed by atoms with Gasteiger partial charge in [0.1, 0.15) is 5.75 Å². The van der Waals surface area contributed by atoms with Gasteiger partial charge in [0.2, 0.25) is 0 Å². The number of carbonyl (C=O) groups is 1. The van der Waals surface area contributed by atoms with Crippen LogP contribution in [-0.4, -0.2) is 61.8 Å². The van der Waals surface area contributed by atoms with Crippen LogP contribution in [0.15, 0.2) is 24.3 Å². The summed E-state index contributed by atoms with van der Waals surface area (Å²) in [5.74, 6) is 0.771. The number of nitrogens with zero attached hydrogens (tertiary/aromatic N) is 2. The second-order valence-electron chi connectivity index (χ2n) is 5.97. The summed E-state index contributed by atoms with van der Waals surface area (Å²) in [6, 6.07) is 7.59. The SMILES string of the molecule is CCOC(=O)N1CCN(CCCCCOc2ccccc2N)CC1.Cl. The number of hydrogen-bond donors (Lipinski definition) is 1. The van der Waals surface area contributed by atoms with Gasteiger partial charge in [-0.05, 0) is 44.9 Å². The summed E-state index contributed by atoms with van der Waals surface area (Å²) in [6.07, 6.45) is 3.11. The summed E-state index contributed by atoms with van der Waals surface area (Å²) < 4.78 is 10.7. The number of anilines is 1. The minimum atomic E-state index is -0.186. The van der Waals surface area contributed by atoms with Gasteiger partial charge in [-0.1, -0.05) is 12.1 Å². The average molecular weight is 372 g/mol. The van der Waals surface area contributed by atoms with Crippen LogP contribution < -0.4 is 10.5 Å². The first-order chi connectivity index (χ1) is 11.7. The van der Waals surface area contributed by atoms with E-state index in [1.54, 1.807) is 4.90 Å². The quantitative estimate of drug-likeness (QED) is 0.562. The molecule has 1 aliphatic rings. The summed E-state index contributed by atoms with van der Waals surface area (Å²) in [7, 11) is 0. The number of unbranched alkanes of at least 4 members (excludes halogenated alkanes) is 2. The second-order valence-corrected chi connectivity index (χ2v) is 5.97. The molecule has 0 aliphatic carbocycles. The molecular weight excluding hydrogens is 342 g/mol. The van der Waals surface area contributed by atoms with Crippen LogP contribution in [0.25, 0.3) is 0 Å². The van der Waals surface area contributed by atoms with Crippen molar-refractivity contribution in [3.05, 3.63) is 24.3 Å². The summed E-state index contributed by atoms with van der Waals surface area (Å²) in [4.78, 5) is 15.8. The Balaban J connectivity index is 0.00000312. The highest BCUT2D eigenvalue weighted by molar-refractivity contribution is 5.85. The van der Waals surface area contributed by atoms with Crippen LogP contribution in [0.5, 0.6) is 5.75 Å². The first-order valence-electron chi connectivity index (χ1n) is 8.82. The normalized spacial score (nSPS) is 14.7. The highest BCUT2D eigenvalue weighted by Gasteiger charge is 2.21. The van der Waals surface area contributed by atoms with Crippen molar-refractivity contribution < 1.29 is 14.3 Å². The van der Waals surface area contributed by atoms with Crippen molar-refractivity contribution in [3.8, 4) is 5.75 Å². The van der Waals surface area contributed by atoms with Crippen LogP contribution in [0.3, 0.4) is 0 Å². The number of nitrogen functional groups attached to an aromatic ring is 1. The molecule has 2 N–H and O–H groups in total. The molecule has 142 valence electrons. The largest absolute Gasteiger partial charge is 0.491 e. The van der Waals surface area contributed by atoms with Gasteiger partial charge in [-0.15, -0.1) is 12.4 Å². The molecule has 1 saturated heterocycles. The minimum Gasteiger partial charge on any atom is -0.491 e. The van der Waals surface area contributed by atoms with Gasteiger partial charge in [0.15, 0.2) is 0 Å². The van der Waals surface area contributed by atoms with E-state index in [0.717, 1.165) is 57.7 Å². The van der Waals surface area contributed by atoms with Crippen LogP contribution in [0, 0.1) is 0 Å². The third kappa shape index (κ3) is 7.40. The number of carbonyl (C=O) groups excluding carboxylic acids is 1. The Morgan fingerprint density at radius 3 is 2.52 bits per heavy atom. The van der Waals surface area contributed by atoms with E-state index in [9.17, 15) is 4.79 Å². The standard InChI is InChI=1S/C18H29N3O3.ClH/c1-2-23-18(22)21-13-11-20(12-14-21)10-6-3-7-15-24-17-9-5-4-8-16(17)19;/h4-5,8-9H,2-3,6-7,10-15,19H2,1H3;1H. The summed E-state index contributed by atoms with van der Waals surface area (Å²) in [6.45, 7) is 7.42. The number of hydrogen-bond acceptors (Lipinski definition) is 5. The summed E-state index contributed by atoms with van der Waals surface area (Å²) in [5.41, 5.74) is 6.53. The van der Waals surface area contributed by atoms with Crippen molar-refractivity contribution in [3.63, 3.8) is 0 Å². The van der Waals surface area contributed by atoms with E-state index < -0.39 is 0 Å². The molecule has 1 amide bonds. The lowest BCUT2D eigenvalue weighted by molar-refractivity contribution is 0.0791. The van der Waals surface area contributed by atoms with E-state index in [0.29, 0.717) is 18.9 Å². The molecule has 0 aromatic heterocycles. The third-order valence-electron chi connectivity index (χ3n) is 4.19. The van der Waals surface area contributed by atoms with Crippen molar-refractivity contribution in [2.24, 2.45) is 0 Å². The van der Waals surface area contributed by atoms with Crippen molar-refractivity contribution in [2.75, 3.05) is 51.7 Å². The van der Waals surface area contributed by atoms with Gasteiger partial charge < -0.3 is 20.1 Å². The topological polar surface area (TPSA) is 68.0 Å². The van der Waals surface area contributed by atoms with Gasteiger partial charge in [-0.2, -0.15) is 0 Å². The predicted octanol–water partition coefficient (Wildman–Crippen LogP) is 3.01. The third-order valence-corrected chi connectivity index (χ3v) is 4.19. The van der Waals surface area contributed by atoms with E-state index in [-0.39, 0.29) is 18.5 Å². The van der Waals surface area contributed by atoms with Gasteiger partial charge in [-0.3, -0.25) is 4.90 Å². The summed E-state index contributed by atoms with van der Waals surface area (Å²) >= 11 is 0. The van der Waals surface area contributed by atoms with Crippen LogP contribution >= 0.6 is 12.4 Å². The Bertz CT molecular complexity index is 508. The van der Waals surface area contributed by atoms with Crippen molar-refractivity contribution in [1.29, 1.82) is 0 Å². The Hall–Kier alpha value is -1.66. The molecule has 0 unspecified atom stereocenters. The Morgan fingerprint density at radius 2 is 1.84 bits per heavy atom. The van der Waals surface area contributed by atoms with Crippen molar-refractivity contribution in [2.45, 2.75) is 26.2 Å². The lowest BCUT2D eigenvalue weighted by Gasteiger charge is -2.34. The lowest BCUT2D eigenvalue weighted by atomic mass is 10.2. The molecule has 0 bridgehead atoms. The monoisotopic (exact) mass is 371 g/mol. The van der Waals surface area contributed by atoms with E-state index >= 15 is 0 Å². The van der Waals surface area contributed by atoms with Gasteiger partial charge in [-0.25, -0.2) is 4.79 Å². The number of piperazine rings is 1. The predicted molar refractivity (Wildman–Crippen MR) is 102 cm³/mol. The minimum absolute atomic E-state index is 0. The number of amides is 1. The highest BCUT2D eigenvalue weighted by atomic mass is 35.5. The van der Waals surface area contributed by atoms with Gasteiger partial charge >= 0.3 is 6.09 Å². The molecule has 0 radical (unpaired) electrons. The van der Waals surface area contributed by atoms with Crippen LogP contribution in [0.4, 0.5) is 10.5 Å². The fourth-order valence-electron chi connectivity index (χ4n) is 2.78. The van der Waals surface area contributed by atoms with Gasteiger partial charge in [0.05, 0.1) is 18.9 Å². The number of rotatable bonds is 8. The number of ether oxygens (including phenoxy) is 2. The van der Waals surface area contributed by atoms with Crippen LogP contribution in [0.2, 0.25) is 0 Å². The molecule has 2 rings (SSSR count). The average Bonchev–Trinajstić information content (AvgIpc) is 2.60. The van der Waals surface area contributed by atoms with E-state index in [2.05, 4.69) is 4.90 Å².